The van der Waals surface area contributed by atoms with E-state index < -0.39 is 0 Å². The summed E-state index contributed by atoms with van der Waals surface area (Å²) >= 11 is 3.63. The van der Waals surface area contributed by atoms with Crippen molar-refractivity contribution >= 4 is 150 Å². The molecule has 22 aromatic rings. The van der Waals surface area contributed by atoms with E-state index in [0.29, 0.717) is 11.6 Å². The molecule has 22 rings (SSSR count). The molecule has 8 aromatic heterocycles. The molecule has 0 aliphatic rings. The first-order chi connectivity index (χ1) is 50.6. The highest BCUT2D eigenvalue weighted by Gasteiger charge is 2.24. The third-order valence-electron chi connectivity index (χ3n) is 20.3. The van der Waals surface area contributed by atoms with Gasteiger partial charge in [-0.25, -0.2) is 19.9 Å². The van der Waals surface area contributed by atoms with Crippen molar-refractivity contribution in [2.75, 3.05) is 0 Å². The number of hydrogen-bond donors (Lipinski definition) is 0. The topological polar surface area (TPSA) is 71.3 Å². The highest BCUT2D eigenvalue weighted by Crippen LogP contribution is 2.45. The van der Waals surface area contributed by atoms with Crippen LogP contribution in [0.15, 0.2) is 340 Å². The number of para-hydroxylation sites is 6. The van der Waals surface area contributed by atoms with Gasteiger partial charge >= 0.3 is 0 Å². The average Bonchev–Trinajstić information content (AvgIpc) is 1.56. The van der Waals surface area contributed by atoms with Gasteiger partial charge in [0.2, 0.25) is 0 Å². The number of aromatic nitrogens is 8. The van der Waals surface area contributed by atoms with E-state index in [1.807, 2.05) is 29.5 Å². The summed E-state index contributed by atoms with van der Waals surface area (Å²) in [6.07, 6.45) is 0. The van der Waals surface area contributed by atoms with E-state index in [-0.39, 0.29) is 0 Å². The van der Waals surface area contributed by atoms with Crippen LogP contribution >= 0.6 is 22.7 Å². The Balaban J connectivity index is 0.000000133. The molecule has 8 nitrogen and oxygen atoms in total. The summed E-state index contributed by atoms with van der Waals surface area (Å²) < 4.78 is 14.4. The number of fused-ring (bicyclic) bond motifs is 18. The Bertz CT molecular complexity index is 7120. The van der Waals surface area contributed by atoms with Crippen molar-refractivity contribution in [1.82, 2.24) is 38.2 Å². The Labute approximate surface area is 592 Å². The van der Waals surface area contributed by atoms with Crippen molar-refractivity contribution in [3.63, 3.8) is 0 Å². The van der Waals surface area contributed by atoms with Crippen molar-refractivity contribution in [3.8, 4) is 68.3 Å². The molecule has 0 saturated heterocycles. The molecule has 102 heavy (non-hydrogen) atoms. The molecule has 8 heterocycles. The summed E-state index contributed by atoms with van der Waals surface area (Å²) in [5.74, 6) is 3.09. The standard InChI is InChI=1S/2C46H28N4S/c1-3-14-29(15-4-1)38-27-44(48-46(47-38)35-22-13-21-34-33-20-9-12-25-43(33)51-45(34)35)50-40-24-11-8-19-32(40)37-26-36-31-18-7-10-23-39(31)49(41(36)28-42(37)50)30-16-5-2-6-17-30;1-3-13-29(14-4-1)46-47-38(30-23-24-35-34-19-9-12-22-43(34)51-44(35)25-30)27-45(48-46)50-40-21-11-8-18-33(40)37-26-36-32-17-7-10-20-39(32)49(41(36)28-42(37)50)31-15-5-2-6-16-31/h2*1-28H. The normalized spacial score (nSPS) is 11.9. The molecule has 0 aliphatic heterocycles. The lowest BCUT2D eigenvalue weighted by Gasteiger charge is -2.13. The summed E-state index contributed by atoms with van der Waals surface area (Å²) in [7, 11) is 0. The first kappa shape index (κ1) is 57.9. The van der Waals surface area contributed by atoms with Crippen molar-refractivity contribution in [3.05, 3.63) is 340 Å². The minimum Gasteiger partial charge on any atom is -0.309 e. The van der Waals surface area contributed by atoms with Crippen LogP contribution in [0.25, 0.3) is 196 Å². The smallest absolute Gasteiger partial charge is 0.163 e. The van der Waals surface area contributed by atoms with Crippen LogP contribution in [-0.2, 0) is 0 Å². The molecule has 0 fully saturated rings. The monoisotopic (exact) mass is 1340 g/mol. The predicted octanol–water partition coefficient (Wildman–Crippen LogP) is 24.7. The van der Waals surface area contributed by atoms with E-state index in [0.717, 1.165) is 89.8 Å². The molecule has 0 atom stereocenters. The van der Waals surface area contributed by atoms with E-state index in [4.69, 9.17) is 19.9 Å². The second kappa shape index (κ2) is 23.3. The van der Waals surface area contributed by atoms with Gasteiger partial charge in [0.05, 0.1) is 55.5 Å². The molecular weight excluding hydrogens is 1280 g/mol. The second-order valence-electron chi connectivity index (χ2n) is 26.0. The van der Waals surface area contributed by atoms with E-state index in [1.54, 1.807) is 11.3 Å². The van der Waals surface area contributed by atoms with Gasteiger partial charge in [0.15, 0.2) is 11.6 Å². The fourth-order valence-corrected chi connectivity index (χ4v) is 18.1. The Kier molecular flexibility index (Phi) is 13.2. The van der Waals surface area contributed by atoms with Crippen molar-refractivity contribution in [2.45, 2.75) is 0 Å². The molecule has 0 unspecified atom stereocenters. The minimum absolute atomic E-state index is 0.699. The van der Waals surface area contributed by atoms with Gasteiger partial charge < -0.3 is 9.13 Å². The molecule has 0 bridgehead atoms. The molecule has 0 N–H and O–H groups in total. The Morgan fingerprint density at radius 3 is 1.12 bits per heavy atom. The zero-order valence-electron chi connectivity index (χ0n) is 54.7. The van der Waals surface area contributed by atoms with Crippen LogP contribution in [-0.4, -0.2) is 38.2 Å². The van der Waals surface area contributed by atoms with Gasteiger partial charge in [-0.3, -0.25) is 9.13 Å². The van der Waals surface area contributed by atoms with Crippen LogP contribution in [0.2, 0.25) is 0 Å². The SMILES string of the molecule is c1ccc(-c2cc(-n3c4ccccc4c4cc5c6ccccc6n(-c6ccccc6)c5cc43)nc(-c3cccc4c3sc3ccccc34)n2)cc1.c1ccc(-c2nc(-c3ccc4c(c3)sc3ccccc34)cc(-n3c4ccccc4c4cc5c6ccccc6n(-c6ccccc6)c5cc43)n2)cc1. The fraction of sp³-hybridized carbons (Fsp3) is 0. The highest BCUT2D eigenvalue weighted by molar-refractivity contribution is 7.26. The van der Waals surface area contributed by atoms with Crippen LogP contribution in [0, 0.1) is 0 Å². The summed E-state index contributed by atoms with van der Waals surface area (Å²) in [5, 5.41) is 14.8. The van der Waals surface area contributed by atoms with Gasteiger partial charge in [-0.05, 0) is 97.1 Å². The molecule has 0 radical (unpaired) electrons. The summed E-state index contributed by atoms with van der Waals surface area (Å²) in [4.78, 5) is 21.3. The lowest BCUT2D eigenvalue weighted by molar-refractivity contribution is 1.05. The Morgan fingerprint density at radius 1 is 0.206 bits per heavy atom. The Hall–Kier alpha value is -13.1. The minimum atomic E-state index is 0.699. The molecule has 0 saturated carbocycles. The van der Waals surface area contributed by atoms with Crippen molar-refractivity contribution in [1.29, 1.82) is 0 Å². The molecular formula is C92H56N8S2. The lowest BCUT2D eigenvalue weighted by Crippen LogP contribution is -2.02. The predicted molar refractivity (Wildman–Crippen MR) is 429 cm³/mol. The highest BCUT2D eigenvalue weighted by atomic mass is 32.1. The van der Waals surface area contributed by atoms with Crippen LogP contribution in [0.1, 0.15) is 0 Å². The summed E-state index contributed by atoms with van der Waals surface area (Å²) in [6, 6.07) is 121. The summed E-state index contributed by atoms with van der Waals surface area (Å²) in [6.45, 7) is 0. The van der Waals surface area contributed by atoms with Gasteiger partial charge in [0.25, 0.3) is 0 Å². The third kappa shape index (κ3) is 9.20. The largest absolute Gasteiger partial charge is 0.309 e. The molecule has 14 aromatic carbocycles. The quantitative estimate of drug-likeness (QED) is 0.152. The van der Waals surface area contributed by atoms with Crippen LogP contribution in [0.5, 0.6) is 0 Å². The molecule has 0 aliphatic carbocycles. The zero-order valence-corrected chi connectivity index (χ0v) is 56.4. The maximum absolute atomic E-state index is 5.45. The molecule has 0 spiro atoms. The van der Waals surface area contributed by atoms with Gasteiger partial charge in [-0.15, -0.1) is 22.7 Å². The number of hydrogen-bond acceptors (Lipinski definition) is 6. The van der Waals surface area contributed by atoms with Crippen LogP contribution in [0.3, 0.4) is 0 Å². The van der Waals surface area contributed by atoms with Gasteiger partial charge in [-0.2, -0.15) is 0 Å². The maximum atomic E-state index is 5.45. The van der Waals surface area contributed by atoms with Crippen molar-refractivity contribution in [2.24, 2.45) is 0 Å². The van der Waals surface area contributed by atoms with Crippen LogP contribution in [0.4, 0.5) is 0 Å². The first-order valence-corrected chi connectivity index (χ1v) is 36.0. The maximum Gasteiger partial charge on any atom is 0.163 e. The third-order valence-corrected chi connectivity index (χ3v) is 22.6. The number of nitrogens with zero attached hydrogens (tertiary/aromatic N) is 8. The average molecular weight is 1340 g/mol. The number of benzene rings is 14. The summed E-state index contributed by atoms with van der Waals surface area (Å²) in [5.41, 5.74) is 17.3. The van der Waals surface area contributed by atoms with E-state index in [2.05, 4.69) is 340 Å². The second-order valence-corrected chi connectivity index (χ2v) is 28.2. The molecule has 476 valence electrons. The van der Waals surface area contributed by atoms with E-state index in [9.17, 15) is 0 Å². The van der Waals surface area contributed by atoms with E-state index >= 15 is 0 Å². The van der Waals surface area contributed by atoms with E-state index in [1.165, 1.54) is 94.5 Å². The van der Waals surface area contributed by atoms with Crippen molar-refractivity contribution < 1.29 is 0 Å². The lowest BCUT2D eigenvalue weighted by atomic mass is 10.1. The first-order valence-electron chi connectivity index (χ1n) is 34.3. The van der Waals surface area contributed by atoms with Gasteiger partial charge in [0.1, 0.15) is 11.6 Å². The number of rotatable bonds is 8. The Morgan fingerprint density at radius 2 is 0.588 bits per heavy atom. The molecule has 10 heteroatoms. The zero-order chi connectivity index (χ0) is 66.9. The molecule has 0 amide bonds. The van der Waals surface area contributed by atoms with Crippen LogP contribution < -0.4 is 0 Å². The number of thiophene rings is 2. The van der Waals surface area contributed by atoms with Gasteiger partial charge in [-0.1, -0.05) is 231 Å². The van der Waals surface area contributed by atoms with Gasteiger partial charge in [0, 0.05) is 129 Å². The fourth-order valence-electron chi connectivity index (χ4n) is 15.7.